The summed E-state index contributed by atoms with van der Waals surface area (Å²) in [5, 5.41) is 5.69. The van der Waals surface area contributed by atoms with E-state index in [4.69, 9.17) is 4.74 Å². The highest BCUT2D eigenvalue weighted by molar-refractivity contribution is 6.05. The number of rotatable bonds is 7. The fraction of sp³-hybridized carbons (Fsp3) is 0.115. The molecule has 6 heteroatoms. The lowest BCUT2D eigenvalue weighted by Gasteiger charge is -2.12. The van der Waals surface area contributed by atoms with Crippen molar-refractivity contribution in [3.63, 3.8) is 0 Å². The number of hydrogen-bond acceptors (Lipinski definition) is 4. The lowest BCUT2D eigenvalue weighted by molar-refractivity contribution is -0.131. The van der Waals surface area contributed by atoms with E-state index in [1.807, 2.05) is 43.3 Å². The maximum atomic E-state index is 12.7. The number of esters is 1. The van der Waals surface area contributed by atoms with Crippen molar-refractivity contribution in [3.05, 3.63) is 101 Å². The molecule has 2 N–H and O–H groups in total. The van der Waals surface area contributed by atoms with Crippen LogP contribution in [0.1, 0.15) is 34.0 Å². The van der Waals surface area contributed by atoms with Crippen LogP contribution in [0.15, 0.2) is 78.9 Å². The van der Waals surface area contributed by atoms with Gasteiger partial charge in [0.2, 0.25) is 5.91 Å². The molecule has 162 valence electrons. The summed E-state index contributed by atoms with van der Waals surface area (Å²) in [5.74, 6) is -0.744. The van der Waals surface area contributed by atoms with Crippen molar-refractivity contribution in [2.45, 2.75) is 20.4 Å². The number of para-hydroxylation sites is 1. The Balaban J connectivity index is 1.64. The summed E-state index contributed by atoms with van der Waals surface area (Å²) in [4.78, 5) is 36.1. The second-order valence-electron chi connectivity index (χ2n) is 7.14. The predicted octanol–water partition coefficient (Wildman–Crippen LogP) is 4.50. The zero-order valence-corrected chi connectivity index (χ0v) is 17.9. The smallest absolute Gasteiger partial charge is 0.308 e. The SMILES string of the molecule is CC(=O)Oc1cccc(C(=O)Nc2ccccc2CNC(=O)/C=C/c2ccccc2C)c1. The van der Waals surface area contributed by atoms with E-state index in [1.165, 1.54) is 19.1 Å². The summed E-state index contributed by atoms with van der Waals surface area (Å²) in [6, 6.07) is 21.4. The highest BCUT2D eigenvalue weighted by Crippen LogP contribution is 2.19. The molecule has 0 spiro atoms. The maximum absolute atomic E-state index is 12.7. The Bertz CT molecular complexity index is 1170. The highest BCUT2D eigenvalue weighted by Gasteiger charge is 2.11. The van der Waals surface area contributed by atoms with Gasteiger partial charge in [-0.2, -0.15) is 0 Å². The Morgan fingerprint density at radius 2 is 1.69 bits per heavy atom. The van der Waals surface area contributed by atoms with Crippen molar-refractivity contribution in [3.8, 4) is 5.75 Å². The van der Waals surface area contributed by atoms with E-state index in [-0.39, 0.29) is 18.4 Å². The number of carbonyl (C=O) groups is 3. The molecule has 6 nitrogen and oxygen atoms in total. The third kappa shape index (κ3) is 6.40. The first-order valence-electron chi connectivity index (χ1n) is 10.1. The van der Waals surface area contributed by atoms with Crippen LogP contribution >= 0.6 is 0 Å². The van der Waals surface area contributed by atoms with Gasteiger partial charge in [0.15, 0.2) is 0 Å². The van der Waals surface area contributed by atoms with E-state index >= 15 is 0 Å². The number of carbonyl (C=O) groups excluding carboxylic acids is 3. The summed E-state index contributed by atoms with van der Waals surface area (Å²) in [5.41, 5.74) is 3.76. The standard InChI is InChI=1S/C26H24N2O4/c1-18-8-3-4-9-20(18)14-15-25(30)27-17-22-10-5-6-13-24(22)28-26(31)21-11-7-12-23(16-21)32-19(2)29/h3-16H,17H2,1-2H3,(H,27,30)(H,28,31)/b15-14+. The van der Waals surface area contributed by atoms with Crippen molar-refractivity contribution in [2.24, 2.45) is 0 Å². The summed E-state index contributed by atoms with van der Waals surface area (Å²) < 4.78 is 5.03. The Hall–Kier alpha value is -4.19. The van der Waals surface area contributed by atoms with Crippen molar-refractivity contribution in [1.82, 2.24) is 5.32 Å². The average Bonchev–Trinajstić information content (AvgIpc) is 2.77. The van der Waals surface area contributed by atoms with Crippen molar-refractivity contribution >= 4 is 29.5 Å². The van der Waals surface area contributed by atoms with Crippen LogP contribution in [0.25, 0.3) is 6.08 Å². The number of ether oxygens (including phenoxy) is 1. The molecule has 0 saturated carbocycles. The van der Waals surface area contributed by atoms with Crippen molar-refractivity contribution in [1.29, 1.82) is 0 Å². The molecule has 0 heterocycles. The highest BCUT2D eigenvalue weighted by atomic mass is 16.5. The molecule has 0 bridgehead atoms. The van der Waals surface area contributed by atoms with Crippen LogP contribution in [-0.2, 0) is 16.1 Å². The number of anilines is 1. The first-order chi connectivity index (χ1) is 15.4. The van der Waals surface area contributed by atoms with Gasteiger partial charge in [-0.25, -0.2) is 0 Å². The van der Waals surface area contributed by atoms with Gasteiger partial charge >= 0.3 is 5.97 Å². The minimum absolute atomic E-state index is 0.233. The molecule has 0 fully saturated rings. The summed E-state index contributed by atoms with van der Waals surface area (Å²) in [6.07, 6.45) is 3.26. The van der Waals surface area contributed by atoms with Crippen molar-refractivity contribution in [2.75, 3.05) is 5.32 Å². The minimum Gasteiger partial charge on any atom is -0.427 e. The Morgan fingerprint density at radius 3 is 2.47 bits per heavy atom. The maximum Gasteiger partial charge on any atom is 0.308 e. The van der Waals surface area contributed by atoms with Crippen LogP contribution < -0.4 is 15.4 Å². The van der Waals surface area contributed by atoms with Gasteiger partial charge in [0, 0.05) is 30.8 Å². The Kier molecular flexibility index (Phi) is 7.54. The van der Waals surface area contributed by atoms with Crippen LogP contribution in [0.2, 0.25) is 0 Å². The monoisotopic (exact) mass is 428 g/mol. The van der Waals surface area contributed by atoms with Crippen LogP contribution in [0.3, 0.4) is 0 Å². The minimum atomic E-state index is -0.458. The van der Waals surface area contributed by atoms with Gasteiger partial charge in [0.25, 0.3) is 5.91 Å². The summed E-state index contributed by atoms with van der Waals surface area (Å²) >= 11 is 0. The van der Waals surface area contributed by atoms with Gasteiger partial charge in [-0.15, -0.1) is 0 Å². The number of nitrogens with one attached hydrogen (secondary N) is 2. The molecular formula is C26H24N2O4. The summed E-state index contributed by atoms with van der Waals surface area (Å²) in [6.45, 7) is 3.53. The Labute approximate surface area is 186 Å². The van der Waals surface area contributed by atoms with Gasteiger partial charge in [0.05, 0.1) is 0 Å². The van der Waals surface area contributed by atoms with Crippen LogP contribution in [0.5, 0.6) is 5.75 Å². The first kappa shape index (κ1) is 22.5. The lowest BCUT2D eigenvalue weighted by atomic mass is 10.1. The molecule has 3 aromatic carbocycles. The molecule has 0 atom stereocenters. The second-order valence-corrected chi connectivity index (χ2v) is 7.14. The van der Waals surface area contributed by atoms with E-state index in [9.17, 15) is 14.4 Å². The first-order valence-corrected chi connectivity index (χ1v) is 10.1. The number of hydrogen-bond donors (Lipinski definition) is 2. The van der Waals surface area contributed by atoms with E-state index < -0.39 is 5.97 Å². The molecule has 3 aromatic rings. The van der Waals surface area contributed by atoms with E-state index in [2.05, 4.69) is 10.6 Å². The fourth-order valence-electron chi connectivity index (χ4n) is 3.04. The van der Waals surface area contributed by atoms with Gasteiger partial charge in [0.1, 0.15) is 5.75 Å². The normalized spacial score (nSPS) is 10.6. The van der Waals surface area contributed by atoms with Gasteiger partial charge in [-0.05, 0) is 54.0 Å². The third-order valence-electron chi connectivity index (χ3n) is 4.68. The molecule has 0 unspecified atom stereocenters. The van der Waals surface area contributed by atoms with E-state index in [0.717, 1.165) is 16.7 Å². The molecule has 2 amide bonds. The molecule has 0 radical (unpaired) electrons. The molecule has 0 saturated heterocycles. The van der Waals surface area contributed by atoms with Gasteiger partial charge in [-0.3, -0.25) is 14.4 Å². The topological polar surface area (TPSA) is 84.5 Å². The quantitative estimate of drug-likeness (QED) is 0.330. The fourth-order valence-corrected chi connectivity index (χ4v) is 3.04. The van der Waals surface area contributed by atoms with E-state index in [1.54, 1.807) is 36.4 Å². The summed E-state index contributed by atoms with van der Waals surface area (Å²) in [7, 11) is 0. The number of aryl methyl sites for hydroxylation is 1. The molecule has 0 aliphatic rings. The molecule has 0 aromatic heterocycles. The zero-order chi connectivity index (χ0) is 22.9. The van der Waals surface area contributed by atoms with Crippen molar-refractivity contribution < 1.29 is 19.1 Å². The molecule has 3 rings (SSSR count). The third-order valence-corrected chi connectivity index (χ3v) is 4.68. The van der Waals surface area contributed by atoms with Gasteiger partial charge in [-0.1, -0.05) is 48.5 Å². The number of benzene rings is 3. The largest absolute Gasteiger partial charge is 0.427 e. The Morgan fingerprint density at radius 1 is 0.938 bits per heavy atom. The molecule has 0 aliphatic carbocycles. The second kappa shape index (κ2) is 10.7. The zero-order valence-electron chi connectivity index (χ0n) is 17.9. The van der Waals surface area contributed by atoms with Gasteiger partial charge < -0.3 is 15.4 Å². The van der Waals surface area contributed by atoms with Crippen LogP contribution in [0, 0.1) is 6.92 Å². The van der Waals surface area contributed by atoms with Crippen LogP contribution in [0.4, 0.5) is 5.69 Å². The average molecular weight is 428 g/mol. The van der Waals surface area contributed by atoms with Crippen LogP contribution in [-0.4, -0.2) is 17.8 Å². The number of amides is 2. The predicted molar refractivity (Wildman–Crippen MR) is 124 cm³/mol. The molecule has 0 aliphatic heterocycles. The van der Waals surface area contributed by atoms with E-state index in [0.29, 0.717) is 17.0 Å². The molecule has 32 heavy (non-hydrogen) atoms. The molecular weight excluding hydrogens is 404 g/mol. The lowest BCUT2D eigenvalue weighted by Crippen LogP contribution is -2.22.